The summed E-state index contributed by atoms with van der Waals surface area (Å²) in [5, 5.41) is 13.6. The van der Waals surface area contributed by atoms with E-state index in [0.29, 0.717) is 41.7 Å². The van der Waals surface area contributed by atoms with Crippen LogP contribution >= 0.6 is 11.6 Å². The van der Waals surface area contributed by atoms with Crippen molar-refractivity contribution in [1.82, 2.24) is 5.32 Å². The number of rotatable bonds is 4. The number of carbonyl (C=O) groups excluding carboxylic acids is 1. The molecule has 132 valence electrons. The summed E-state index contributed by atoms with van der Waals surface area (Å²) in [5.41, 5.74) is 6.51. The fourth-order valence-corrected chi connectivity index (χ4v) is 3.52. The molecule has 1 heterocycles. The van der Waals surface area contributed by atoms with Crippen LogP contribution in [0.3, 0.4) is 0 Å². The van der Waals surface area contributed by atoms with Crippen molar-refractivity contribution >= 4 is 17.5 Å². The van der Waals surface area contributed by atoms with Gasteiger partial charge in [0.05, 0.1) is 11.1 Å². The third kappa shape index (κ3) is 3.94. The lowest BCUT2D eigenvalue weighted by Crippen LogP contribution is -2.39. The Bertz CT molecular complexity index is 610. The Kier molecular flexibility index (Phi) is 5.48. The van der Waals surface area contributed by atoms with E-state index in [1.54, 1.807) is 12.1 Å². The first-order valence-corrected chi connectivity index (χ1v) is 8.73. The number of nitrogens with one attached hydrogen (secondary N) is 1. The molecule has 1 aliphatic heterocycles. The SMILES string of the molecule is N[C@@H]1CCC[C@@H](C(=O)NC[C@H](O)c2cc(Cl)c3c(c2)OCCO3)C1. The molecule has 3 atom stereocenters. The van der Waals surface area contributed by atoms with Gasteiger partial charge in [-0.05, 0) is 37.0 Å². The molecular formula is C17H23ClN2O4. The van der Waals surface area contributed by atoms with E-state index in [2.05, 4.69) is 5.32 Å². The van der Waals surface area contributed by atoms with Crippen LogP contribution in [0.1, 0.15) is 37.4 Å². The second kappa shape index (κ2) is 7.59. The van der Waals surface area contributed by atoms with Crippen molar-refractivity contribution in [2.75, 3.05) is 19.8 Å². The maximum Gasteiger partial charge on any atom is 0.223 e. The van der Waals surface area contributed by atoms with Gasteiger partial charge in [0.2, 0.25) is 5.91 Å². The highest BCUT2D eigenvalue weighted by Crippen LogP contribution is 2.39. The Morgan fingerprint density at radius 1 is 1.38 bits per heavy atom. The fraction of sp³-hybridized carbons (Fsp3) is 0.588. The largest absolute Gasteiger partial charge is 0.486 e. The second-order valence-electron chi connectivity index (χ2n) is 6.41. The number of carbonyl (C=O) groups is 1. The van der Waals surface area contributed by atoms with E-state index in [-0.39, 0.29) is 24.4 Å². The van der Waals surface area contributed by atoms with E-state index in [1.807, 2.05) is 0 Å². The van der Waals surface area contributed by atoms with Gasteiger partial charge < -0.3 is 25.6 Å². The molecule has 0 radical (unpaired) electrons. The lowest BCUT2D eigenvalue weighted by Gasteiger charge is -2.26. The molecule has 6 nitrogen and oxygen atoms in total. The average Bonchev–Trinajstić information content (AvgIpc) is 2.59. The lowest BCUT2D eigenvalue weighted by molar-refractivity contribution is -0.126. The molecular weight excluding hydrogens is 332 g/mol. The summed E-state index contributed by atoms with van der Waals surface area (Å²) in [5.74, 6) is 0.907. The van der Waals surface area contributed by atoms with Gasteiger partial charge in [0.1, 0.15) is 13.2 Å². The number of fused-ring (bicyclic) bond motifs is 1. The zero-order valence-corrected chi connectivity index (χ0v) is 14.2. The highest BCUT2D eigenvalue weighted by atomic mass is 35.5. The van der Waals surface area contributed by atoms with E-state index in [9.17, 15) is 9.90 Å². The molecule has 1 aliphatic carbocycles. The van der Waals surface area contributed by atoms with E-state index < -0.39 is 6.10 Å². The first kappa shape index (κ1) is 17.3. The Balaban J connectivity index is 1.59. The van der Waals surface area contributed by atoms with E-state index in [0.717, 1.165) is 19.3 Å². The number of ether oxygens (including phenoxy) is 2. The Morgan fingerprint density at radius 2 is 2.17 bits per heavy atom. The van der Waals surface area contributed by atoms with Crippen LogP contribution in [0.25, 0.3) is 0 Å². The van der Waals surface area contributed by atoms with E-state index in [1.165, 1.54) is 0 Å². The maximum absolute atomic E-state index is 12.2. The van der Waals surface area contributed by atoms with Gasteiger partial charge in [-0.1, -0.05) is 18.0 Å². The van der Waals surface area contributed by atoms with Crippen molar-refractivity contribution in [1.29, 1.82) is 0 Å². The van der Waals surface area contributed by atoms with E-state index >= 15 is 0 Å². The molecule has 24 heavy (non-hydrogen) atoms. The van der Waals surface area contributed by atoms with Crippen LogP contribution in [0.15, 0.2) is 12.1 Å². The van der Waals surface area contributed by atoms with Crippen molar-refractivity contribution in [2.45, 2.75) is 37.8 Å². The van der Waals surface area contributed by atoms with Crippen molar-refractivity contribution < 1.29 is 19.4 Å². The van der Waals surface area contributed by atoms with Gasteiger partial charge in [0.25, 0.3) is 0 Å². The topological polar surface area (TPSA) is 93.8 Å². The summed E-state index contributed by atoms with van der Waals surface area (Å²) in [6.45, 7) is 1.02. The monoisotopic (exact) mass is 354 g/mol. The number of hydrogen-bond donors (Lipinski definition) is 3. The molecule has 2 aliphatic rings. The summed E-state index contributed by atoms with van der Waals surface area (Å²) in [7, 11) is 0. The highest BCUT2D eigenvalue weighted by Gasteiger charge is 2.26. The van der Waals surface area contributed by atoms with Crippen LogP contribution in [0, 0.1) is 5.92 Å². The third-order valence-electron chi connectivity index (χ3n) is 4.56. The highest BCUT2D eigenvalue weighted by molar-refractivity contribution is 6.32. The quantitative estimate of drug-likeness (QED) is 0.766. The van der Waals surface area contributed by atoms with Gasteiger partial charge in [-0.2, -0.15) is 0 Å². The number of halogens is 1. The van der Waals surface area contributed by atoms with Gasteiger partial charge >= 0.3 is 0 Å². The van der Waals surface area contributed by atoms with Gasteiger partial charge in [-0.15, -0.1) is 0 Å². The molecule has 4 N–H and O–H groups in total. The molecule has 3 rings (SSSR count). The number of benzene rings is 1. The summed E-state index contributed by atoms with van der Waals surface area (Å²) in [4.78, 5) is 12.2. The molecule has 0 unspecified atom stereocenters. The Labute approximate surface area is 146 Å². The molecule has 7 heteroatoms. The standard InChI is InChI=1S/C17H23ClN2O4/c18-13-7-11(8-15-16(13)24-5-4-23-15)14(21)9-20-17(22)10-2-1-3-12(19)6-10/h7-8,10,12,14,21H,1-6,9,19H2,(H,20,22)/t10-,12-,14+/m1/s1. The summed E-state index contributed by atoms with van der Waals surface area (Å²) in [6, 6.07) is 3.44. The number of amides is 1. The molecule has 1 saturated carbocycles. The number of hydrogen-bond acceptors (Lipinski definition) is 5. The zero-order chi connectivity index (χ0) is 17.1. The molecule has 1 fully saturated rings. The van der Waals surface area contributed by atoms with Crippen LogP contribution in [0.4, 0.5) is 0 Å². The molecule has 0 saturated heterocycles. The first-order chi connectivity index (χ1) is 11.5. The molecule has 0 spiro atoms. The van der Waals surface area contributed by atoms with Crippen molar-refractivity contribution in [2.24, 2.45) is 11.7 Å². The van der Waals surface area contributed by atoms with Crippen molar-refractivity contribution in [3.8, 4) is 11.5 Å². The van der Waals surface area contributed by atoms with Gasteiger partial charge in [-0.25, -0.2) is 0 Å². The maximum atomic E-state index is 12.2. The van der Waals surface area contributed by atoms with Crippen LogP contribution in [-0.4, -0.2) is 36.8 Å². The van der Waals surface area contributed by atoms with Crippen LogP contribution < -0.4 is 20.5 Å². The molecule has 0 aromatic heterocycles. The lowest BCUT2D eigenvalue weighted by atomic mass is 9.85. The normalized spacial score (nSPS) is 24.3. The second-order valence-corrected chi connectivity index (χ2v) is 6.82. The fourth-order valence-electron chi connectivity index (χ4n) is 3.25. The van der Waals surface area contributed by atoms with E-state index in [4.69, 9.17) is 26.8 Å². The molecule has 0 bridgehead atoms. The van der Waals surface area contributed by atoms with Crippen molar-refractivity contribution in [3.05, 3.63) is 22.7 Å². The third-order valence-corrected chi connectivity index (χ3v) is 4.84. The van der Waals surface area contributed by atoms with Crippen LogP contribution in [0.5, 0.6) is 11.5 Å². The minimum Gasteiger partial charge on any atom is -0.486 e. The molecule has 1 aromatic rings. The Hall–Kier alpha value is -1.50. The number of aliphatic hydroxyl groups excluding tert-OH is 1. The van der Waals surface area contributed by atoms with Crippen LogP contribution in [0.2, 0.25) is 5.02 Å². The summed E-state index contributed by atoms with van der Waals surface area (Å²) < 4.78 is 11.0. The Morgan fingerprint density at radius 3 is 2.96 bits per heavy atom. The number of aliphatic hydroxyl groups is 1. The van der Waals surface area contributed by atoms with Gasteiger partial charge in [-0.3, -0.25) is 4.79 Å². The molecule has 1 aromatic carbocycles. The van der Waals surface area contributed by atoms with Crippen LogP contribution in [-0.2, 0) is 4.79 Å². The minimum atomic E-state index is -0.862. The predicted octanol–water partition coefficient (Wildman–Crippen LogP) is 1.78. The van der Waals surface area contributed by atoms with Gasteiger partial charge in [0, 0.05) is 18.5 Å². The number of nitrogens with two attached hydrogens (primary N) is 1. The predicted molar refractivity (Wildman–Crippen MR) is 90.3 cm³/mol. The summed E-state index contributed by atoms with van der Waals surface area (Å²) >= 11 is 6.17. The average molecular weight is 355 g/mol. The van der Waals surface area contributed by atoms with Crippen molar-refractivity contribution in [3.63, 3.8) is 0 Å². The minimum absolute atomic E-state index is 0.0483. The first-order valence-electron chi connectivity index (χ1n) is 8.35. The summed E-state index contributed by atoms with van der Waals surface area (Å²) in [6.07, 6.45) is 2.64. The molecule has 1 amide bonds. The van der Waals surface area contributed by atoms with Gasteiger partial charge in [0.15, 0.2) is 11.5 Å². The zero-order valence-electron chi connectivity index (χ0n) is 13.5. The smallest absolute Gasteiger partial charge is 0.223 e.